The predicted octanol–water partition coefficient (Wildman–Crippen LogP) is 3.59. The Kier molecular flexibility index (Phi) is 4.50. The van der Waals surface area contributed by atoms with Crippen LogP contribution in [0, 0.1) is 11.6 Å². The SMILES string of the molecule is COc1cnc2c(Nc3cc(F)c(F)c([C@@]4(CF)N=C(N)SC5C=C54)c3)nccc2n1. The lowest BCUT2D eigenvalue weighted by Crippen LogP contribution is -2.34. The molecule has 2 atom stereocenters. The number of hydrogen-bond donors (Lipinski definition) is 2. The zero-order valence-corrected chi connectivity index (χ0v) is 16.9. The van der Waals surface area contributed by atoms with E-state index in [0.717, 1.165) is 6.07 Å². The summed E-state index contributed by atoms with van der Waals surface area (Å²) in [6, 6.07) is 3.92. The summed E-state index contributed by atoms with van der Waals surface area (Å²) >= 11 is 1.25. The van der Waals surface area contributed by atoms with Crippen LogP contribution in [-0.2, 0) is 5.54 Å². The lowest BCUT2D eigenvalue weighted by atomic mass is 9.87. The smallest absolute Gasteiger partial charge is 0.232 e. The average molecular weight is 444 g/mol. The molecule has 1 unspecified atom stereocenters. The number of methoxy groups -OCH3 is 1. The summed E-state index contributed by atoms with van der Waals surface area (Å²) < 4.78 is 48.7. The molecule has 11 heteroatoms. The maximum Gasteiger partial charge on any atom is 0.232 e. The quantitative estimate of drug-likeness (QED) is 0.581. The van der Waals surface area contributed by atoms with E-state index in [-0.39, 0.29) is 27.5 Å². The normalized spacial score (nSPS) is 21.9. The van der Waals surface area contributed by atoms with Gasteiger partial charge in [-0.05, 0) is 17.7 Å². The summed E-state index contributed by atoms with van der Waals surface area (Å²) in [5.41, 5.74) is 5.53. The fraction of sp³-hybridized carbons (Fsp3) is 0.200. The third-order valence-electron chi connectivity index (χ3n) is 5.13. The standard InChI is InChI=1S/C20H15F3N6OS/c1-30-15-7-26-17-13(28-15)2-3-25-18(17)27-9-4-11(16(23)12(22)5-9)20(8-21)10-6-14(10)31-19(24)29-20/h2-7,14H,8H2,1H3,(H2,24,29)(H,25,27)/t14?,20-/m0/s1. The Balaban J connectivity index is 1.60. The monoisotopic (exact) mass is 444 g/mol. The van der Waals surface area contributed by atoms with Crippen molar-refractivity contribution in [2.45, 2.75) is 10.8 Å². The Hall–Kier alpha value is -3.34. The lowest BCUT2D eigenvalue weighted by molar-refractivity contribution is 0.346. The van der Waals surface area contributed by atoms with E-state index in [1.165, 1.54) is 37.3 Å². The molecule has 1 aliphatic carbocycles. The number of ether oxygens (including phenoxy) is 1. The van der Waals surface area contributed by atoms with Gasteiger partial charge in [-0.1, -0.05) is 17.8 Å². The largest absolute Gasteiger partial charge is 0.480 e. The molecule has 1 aliphatic heterocycles. The number of pyridine rings is 1. The van der Waals surface area contributed by atoms with Gasteiger partial charge in [-0.2, -0.15) is 0 Å². The molecule has 0 bridgehead atoms. The first-order valence-corrected chi connectivity index (χ1v) is 10.1. The molecule has 3 aromatic rings. The van der Waals surface area contributed by atoms with Crippen LogP contribution < -0.4 is 15.8 Å². The summed E-state index contributed by atoms with van der Waals surface area (Å²) in [4.78, 5) is 16.9. The number of nitrogens with two attached hydrogens (primary N) is 1. The molecule has 3 heterocycles. The van der Waals surface area contributed by atoms with Crippen LogP contribution >= 0.6 is 11.8 Å². The van der Waals surface area contributed by atoms with E-state index < -0.39 is 23.8 Å². The molecule has 5 rings (SSSR count). The Morgan fingerprint density at radius 3 is 2.90 bits per heavy atom. The van der Waals surface area contributed by atoms with Crippen LogP contribution in [0.2, 0.25) is 0 Å². The number of halogens is 3. The summed E-state index contributed by atoms with van der Waals surface area (Å²) in [5.74, 6) is -1.73. The van der Waals surface area contributed by atoms with Crippen LogP contribution in [0.1, 0.15) is 5.56 Å². The van der Waals surface area contributed by atoms with Crippen molar-refractivity contribution in [1.29, 1.82) is 0 Å². The Morgan fingerprint density at radius 1 is 1.29 bits per heavy atom. The van der Waals surface area contributed by atoms with Crippen molar-refractivity contribution < 1.29 is 17.9 Å². The zero-order chi connectivity index (χ0) is 21.8. The van der Waals surface area contributed by atoms with Gasteiger partial charge in [0.15, 0.2) is 22.6 Å². The van der Waals surface area contributed by atoms with Crippen LogP contribution in [-0.4, -0.2) is 39.2 Å². The van der Waals surface area contributed by atoms with Crippen LogP contribution in [0.3, 0.4) is 0 Å². The highest BCUT2D eigenvalue weighted by molar-refractivity contribution is 8.14. The number of anilines is 2. The first-order chi connectivity index (χ1) is 14.9. The van der Waals surface area contributed by atoms with Gasteiger partial charge < -0.3 is 15.8 Å². The Morgan fingerprint density at radius 2 is 2.13 bits per heavy atom. The minimum absolute atomic E-state index is 0.123. The number of aliphatic imine (C=N–C) groups is 1. The molecule has 0 saturated carbocycles. The van der Waals surface area contributed by atoms with Crippen LogP contribution in [0.15, 0.2) is 47.2 Å². The van der Waals surface area contributed by atoms with E-state index in [1.807, 2.05) is 0 Å². The van der Waals surface area contributed by atoms with Crippen molar-refractivity contribution in [1.82, 2.24) is 15.0 Å². The number of amidine groups is 1. The van der Waals surface area contributed by atoms with Crippen molar-refractivity contribution in [3.8, 4) is 5.88 Å². The van der Waals surface area contributed by atoms with Crippen LogP contribution in [0.4, 0.5) is 24.7 Å². The zero-order valence-electron chi connectivity index (χ0n) is 16.1. The molecule has 158 valence electrons. The minimum Gasteiger partial charge on any atom is -0.480 e. The number of benzene rings is 1. The third-order valence-corrected chi connectivity index (χ3v) is 6.11. The van der Waals surface area contributed by atoms with Gasteiger partial charge in [-0.15, -0.1) is 0 Å². The topological polar surface area (TPSA) is 98.3 Å². The van der Waals surface area contributed by atoms with Crippen LogP contribution in [0.5, 0.6) is 5.88 Å². The highest BCUT2D eigenvalue weighted by atomic mass is 32.2. The van der Waals surface area contributed by atoms with Gasteiger partial charge in [-0.25, -0.2) is 33.1 Å². The van der Waals surface area contributed by atoms with Crippen molar-refractivity contribution in [2.24, 2.45) is 10.7 Å². The molecule has 7 nitrogen and oxygen atoms in total. The van der Waals surface area contributed by atoms with Crippen molar-refractivity contribution in [3.63, 3.8) is 0 Å². The molecule has 1 aromatic carbocycles. The highest BCUT2D eigenvalue weighted by Crippen LogP contribution is 2.53. The second-order valence-electron chi connectivity index (χ2n) is 6.99. The van der Waals surface area contributed by atoms with Gasteiger partial charge in [0, 0.05) is 23.5 Å². The molecule has 2 aliphatic rings. The lowest BCUT2D eigenvalue weighted by Gasteiger charge is -2.30. The maximum absolute atomic E-state index is 14.8. The summed E-state index contributed by atoms with van der Waals surface area (Å²) in [6.45, 7) is -1.05. The molecule has 31 heavy (non-hydrogen) atoms. The fourth-order valence-corrected chi connectivity index (χ4v) is 4.61. The summed E-state index contributed by atoms with van der Waals surface area (Å²) in [6.07, 6.45) is 4.66. The number of aromatic nitrogens is 3. The fourth-order valence-electron chi connectivity index (χ4n) is 3.61. The summed E-state index contributed by atoms with van der Waals surface area (Å²) in [7, 11) is 1.47. The molecule has 0 fully saturated rings. The van der Waals surface area contributed by atoms with Crippen LogP contribution in [0.25, 0.3) is 11.0 Å². The second-order valence-corrected chi connectivity index (χ2v) is 8.15. The van der Waals surface area contributed by atoms with E-state index in [2.05, 4.69) is 25.3 Å². The number of rotatable bonds is 5. The molecule has 2 aromatic heterocycles. The van der Waals surface area contributed by atoms with Gasteiger partial charge in [0.05, 0.1) is 24.1 Å². The molecule has 0 amide bonds. The van der Waals surface area contributed by atoms with E-state index >= 15 is 0 Å². The Bertz CT molecular complexity index is 1280. The van der Waals surface area contributed by atoms with Gasteiger partial charge >= 0.3 is 0 Å². The number of nitrogens with one attached hydrogen (secondary N) is 1. The van der Waals surface area contributed by atoms with Gasteiger partial charge in [0.25, 0.3) is 0 Å². The van der Waals surface area contributed by atoms with Gasteiger partial charge in [-0.3, -0.25) is 0 Å². The number of fused-ring (bicyclic) bond motifs is 2. The number of hydrogen-bond acceptors (Lipinski definition) is 8. The number of alkyl halides is 1. The molecule has 0 spiro atoms. The minimum atomic E-state index is -1.68. The molecule has 0 radical (unpaired) electrons. The van der Waals surface area contributed by atoms with Crippen molar-refractivity contribution in [3.05, 3.63) is 59.4 Å². The molecular formula is C20H15F3N6OS. The maximum atomic E-state index is 14.8. The molecular weight excluding hydrogens is 429 g/mol. The van der Waals surface area contributed by atoms with E-state index in [4.69, 9.17) is 10.5 Å². The van der Waals surface area contributed by atoms with Gasteiger partial charge in [0.1, 0.15) is 17.7 Å². The van der Waals surface area contributed by atoms with Gasteiger partial charge in [0.2, 0.25) is 5.88 Å². The van der Waals surface area contributed by atoms with E-state index in [0.29, 0.717) is 22.5 Å². The Labute approximate surface area is 178 Å². The van der Waals surface area contributed by atoms with Crippen molar-refractivity contribution >= 4 is 39.5 Å². The first-order valence-electron chi connectivity index (χ1n) is 9.17. The average Bonchev–Trinajstić information content (AvgIpc) is 3.55. The van der Waals surface area contributed by atoms with E-state index in [1.54, 1.807) is 12.1 Å². The van der Waals surface area contributed by atoms with E-state index in [9.17, 15) is 13.2 Å². The number of nitrogens with zero attached hydrogens (tertiary/aromatic N) is 4. The summed E-state index contributed by atoms with van der Waals surface area (Å²) in [5, 5.41) is 2.89. The third kappa shape index (κ3) is 3.16. The molecule has 3 N–H and O–H groups in total. The first kappa shape index (κ1) is 19.6. The number of thioether (sulfide) groups is 1. The predicted molar refractivity (Wildman–Crippen MR) is 112 cm³/mol. The second kappa shape index (κ2) is 7.12. The molecule has 0 saturated heterocycles. The highest BCUT2D eigenvalue weighted by Gasteiger charge is 2.51. The van der Waals surface area contributed by atoms with Crippen molar-refractivity contribution in [2.75, 3.05) is 19.1 Å².